The van der Waals surface area contributed by atoms with Gasteiger partial charge in [0.15, 0.2) is 0 Å². The lowest BCUT2D eigenvalue weighted by atomic mass is 9.90. The summed E-state index contributed by atoms with van der Waals surface area (Å²) < 4.78 is 36.3. The fourth-order valence-corrected chi connectivity index (χ4v) is 4.92. The number of piperidine rings is 1. The van der Waals surface area contributed by atoms with Crippen molar-refractivity contribution in [2.45, 2.75) is 58.8 Å². The van der Waals surface area contributed by atoms with Gasteiger partial charge in [0.2, 0.25) is 5.88 Å². The van der Waals surface area contributed by atoms with Gasteiger partial charge in [-0.15, -0.1) is 0 Å². The first kappa shape index (κ1) is 26.1. The number of benzene rings is 2. The number of hydrogen-bond acceptors (Lipinski definition) is 4. The Kier molecular flexibility index (Phi) is 7.64. The number of halogens is 3. The molecular formula is C27H31ClF2N2O4. The highest BCUT2D eigenvalue weighted by Gasteiger charge is 2.27. The molecule has 194 valence electrons. The van der Waals surface area contributed by atoms with Crippen molar-refractivity contribution in [2.75, 3.05) is 13.1 Å². The van der Waals surface area contributed by atoms with Gasteiger partial charge in [0, 0.05) is 24.7 Å². The highest BCUT2D eigenvalue weighted by Crippen LogP contribution is 2.36. The maximum atomic E-state index is 12.4. The van der Waals surface area contributed by atoms with Gasteiger partial charge < -0.3 is 24.0 Å². The number of nitrogens with zero attached hydrogens (tertiary/aromatic N) is 2. The zero-order valence-electron chi connectivity index (χ0n) is 20.6. The van der Waals surface area contributed by atoms with Gasteiger partial charge in [-0.2, -0.15) is 8.78 Å². The van der Waals surface area contributed by atoms with Crippen molar-refractivity contribution >= 4 is 28.5 Å². The molecule has 1 aliphatic rings. The lowest BCUT2D eigenvalue weighted by Crippen LogP contribution is -2.42. The third kappa shape index (κ3) is 6.40. The van der Waals surface area contributed by atoms with Crippen LogP contribution in [-0.4, -0.2) is 46.0 Å². The molecule has 36 heavy (non-hydrogen) atoms. The number of alkyl halides is 2. The van der Waals surface area contributed by atoms with Gasteiger partial charge in [0.25, 0.3) is 0 Å². The number of carbonyl (C=O) groups excluding carboxylic acids is 1. The Hall–Kier alpha value is -3.00. The second-order valence-corrected chi connectivity index (χ2v) is 10.7. The number of likely N-dealkylation sites (tertiary alicyclic amines) is 1. The third-order valence-corrected chi connectivity index (χ3v) is 6.56. The number of rotatable bonds is 6. The van der Waals surface area contributed by atoms with E-state index in [1.165, 1.54) is 12.1 Å². The zero-order chi connectivity index (χ0) is 26.0. The second kappa shape index (κ2) is 10.5. The molecule has 1 fully saturated rings. The maximum Gasteiger partial charge on any atom is 0.410 e. The molecule has 1 aromatic heterocycles. The molecule has 0 atom stereocenters. The van der Waals surface area contributed by atoms with Gasteiger partial charge in [-0.3, -0.25) is 0 Å². The van der Waals surface area contributed by atoms with Crippen LogP contribution in [0.25, 0.3) is 10.8 Å². The average molecular weight is 521 g/mol. The predicted molar refractivity (Wildman–Crippen MR) is 135 cm³/mol. The van der Waals surface area contributed by atoms with Gasteiger partial charge >= 0.3 is 12.7 Å². The van der Waals surface area contributed by atoms with Gasteiger partial charge in [0.05, 0.1) is 17.0 Å². The van der Waals surface area contributed by atoms with E-state index in [9.17, 15) is 18.7 Å². The molecule has 0 aliphatic carbocycles. The lowest BCUT2D eigenvalue weighted by Gasteiger charge is -2.33. The molecule has 1 N–H and O–H groups in total. The highest BCUT2D eigenvalue weighted by atomic mass is 35.5. The van der Waals surface area contributed by atoms with E-state index in [0.29, 0.717) is 36.0 Å². The Morgan fingerprint density at radius 1 is 1.14 bits per heavy atom. The minimum atomic E-state index is -2.87. The first-order valence-corrected chi connectivity index (χ1v) is 12.4. The zero-order valence-corrected chi connectivity index (χ0v) is 21.4. The first-order valence-electron chi connectivity index (χ1n) is 12.0. The average Bonchev–Trinajstić information content (AvgIpc) is 3.09. The van der Waals surface area contributed by atoms with Crippen molar-refractivity contribution in [1.29, 1.82) is 0 Å². The Balaban J connectivity index is 1.42. The quantitative estimate of drug-likeness (QED) is 0.386. The van der Waals surface area contributed by atoms with E-state index in [2.05, 4.69) is 4.74 Å². The van der Waals surface area contributed by atoms with Crippen LogP contribution in [0.3, 0.4) is 0 Å². The van der Waals surface area contributed by atoms with Crippen LogP contribution >= 0.6 is 11.6 Å². The largest absolute Gasteiger partial charge is 0.494 e. The number of carbonyl (C=O) groups is 1. The number of aromatic hydroxyl groups is 1. The molecule has 0 unspecified atom stereocenters. The summed E-state index contributed by atoms with van der Waals surface area (Å²) >= 11 is 6.57. The van der Waals surface area contributed by atoms with Crippen LogP contribution in [0.1, 0.15) is 44.7 Å². The van der Waals surface area contributed by atoms with Crippen LogP contribution in [0.4, 0.5) is 13.6 Å². The molecular weight excluding hydrogens is 490 g/mol. The second-order valence-electron chi connectivity index (χ2n) is 10.3. The monoisotopic (exact) mass is 520 g/mol. The third-order valence-electron chi connectivity index (χ3n) is 6.26. The van der Waals surface area contributed by atoms with E-state index in [4.69, 9.17) is 16.3 Å². The normalized spacial score (nSPS) is 15.0. The summed E-state index contributed by atoms with van der Waals surface area (Å²) in [7, 11) is 0. The number of hydrogen-bond donors (Lipinski definition) is 1. The van der Waals surface area contributed by atoms with Crippen LogP contribution in [0.15, 0.2) is 42.6 Å². The first-order chi connectivity index (χ1) is 17.0. The fourth-order valence-electron chi connectivity index (χ4n) is 4.59. The standard InChI is InChI=1S/C27H31ClF2N2O4/c1-27(2,3)36-26(34)31-10-8-17(9-11-31)12-19-13-20-16-32(24(33)23(20)22(28)14-19)15-18-4-6-21(7-5-18)35-25(29)30/h4-7,13-14,16-17,25,33H,8-12,15H2,1-3H3. The van der Waals surface area contributed by atoms with Crippen molar-refractivity contribution in [3.8, 4) is 11.6 Å². The predicted octanol–water partition coefficient (Wildman–Crippen LogP) is 6.84. The summed E-state index contributed by atoms with van der Waals surface area (Å²) in [6, 6.07) is 10.2. The van der Waals surface area contributed by atoms with Crippen LogP contribution in [0, 0.1) is 5.92 Å². The summed E-state index contributed by atoms with van der Waals surface area (Å²) in [6.07, 6.45) is 4.17. The highest BCUT2D eigenvalue weighted by molar-refractivity contribution is 6.36. The van der Waals surface area contributed by atoms with Gasteiger partial charge in [0.1, 0.15) is 11.4 Å². The number of amides is 1. The van der Waals surface area contributed by atoms with E-state index in [1.807, 2.05) is 39.1 Å². The number of fused-ring (bicyclic) bond motifs is 1. The van der Waals surface area contributed by atoms with E-state index < -0.39 is 12.2 Å². The van der Waals surface area contributed by atoms with Gasteiger partial charge in [-0.1, -0.05) is 23.7 Å². The minimum absolute atomic E-state index is 0.0557. The molecule has 2 heterocycles. The summed E-state index contributed by atoms with van der Waals surface area (Å²) in [4.78, 5) is 14.1. The molecule has 1 amide bonds. The molecule has 4 rings (SSSR count). The molecule has 0 saturated carbocycles. The molecule has 2 aromatic carbocycles. The Morgan fingerprint density at radius 3 is 2.42 bits per heavy atom. The number of aromatic nitrogens is 1. The van der Waals surface area contributed by atoms with Crippen LogP contribution in [0.2, 0.25) is 5.02 Å². The molecule has 0 radical (unpaired) electrons. The van der Waals surface area contributed by atoms with E-state index in [0.717, 1.165) is 35.8 Å². The van der Waals surface area contributed by atoms with E-state index in [1.54, 1.807) is 21.6 Å². The molecule has 1 aliphatic heterocycles. The molecule has 0 spiro atoms. The van der Waals surface area contributed by atoms with Gasteiger partial charge in [-0.05, 0) is 81.3 Å². The van der Waals surface area contributed by atoms with Gasteiger partial charge in [-0.25, -0.2) is 4.79 Å². The Bertz CT molecular complexity index is 1210. The van der Waals surface area contributed by atoms with Crippen LogP contribution in [0.5, 0.6) is 11.6 Å². The summed E-state index contributed by atoms with van der Waals surface area (Å²) in [6.45, 7) is 4.40. The minimum Gasteiger partial charge on any atom is -0.494 e. The Labute approximate surface area is 214 Å². The molecule has 0 bridgehead atoms. The van der Waals surface area contributed by atoms with Crippen molar-refractivity contribution in [3.05, 3.63) is 58.7 Å². The number of ether oxygens (including phenoxy) is 2. The molecule has 6 nitrogen and oxygen atoms in total. The maximum absolute atomic E-state index is 12.4. The topological polar surface area (TPSA) is 63.9 Å². The Morgan fingerprint density at radius 2 is 1.81 bits per heavy atom. The SMILES string of the molecule is CC(C)(C)OC(=O)N1CCC(Cc2cc(Cl)c3c(O)n(Cc4ccc(OC(F)F)cc4)cc3c2)CC1. The molecule has 1 saturated heterocycles. The molecule has 3 aromatic rings. The van der Waals surface area contributed by atoms with Crippen molar-refractivity contribution in [1.82, 2.24) is 9.47 Å². The van der Waals surface area contributed by atoms with Crippen molar-refractivity contribution < 1.29 is 28.2 Å². The summed E-state index contributed by atoms with van der Waals surface area (Å²) in [5.74, 6) is 0.558. The summed E-state index contributed by atoms with van der Waals surface area (Å²) in [5, 5.41) is 12.7. The summed E-state index contributed by atoms with van der Waals surface area (Å²) in [5.41, 5.74) is 1.39. The van der Waals surface area contributed by atoms with Crippen LogP contribution < -0.4 is 4.74 Å². The van der Waals surface area contributed by atoms with Crippen molar-refractivity contribution in [3.63, 3.8) is 0 Å². The van der Waals surface area contributed by atoms with Crippen molar-refractivity contribution in [2.24, 2.45) is 5.92 Å². The lowest BCUT2D eigenvalue weighted by molar-refractivity contribution is -0.0498. The fraction of sp³-hybridized carbons (Fsp3) is 0.444. The van der Waals surface area contributed by atoms with E-state index in [-0.39, 0.29) is 17.7 Å². The molecule has 9 heteroatoms. The van der Waals surface area contributed by atoms with Crippen LogP contribution in [-0.2, 0) is 17.7 Å². The smallest absolute Gasteiger partial charge is 0.410 e. The van der Waals surface area contributed by atoms with E-state index >= 15 is 0 Å².